The molecule has 0 saturated heterocycles. The van der Waals surface area contributed by atoms with Crippen LogP contribution in [-0.4, -0.2) is 38.3 Å². The number of imidazole rings is 1. The summed E-state index contributed by atoms with van der Waals surface area (Å²) in [6.07, 6.45) is 3.72. The van der Waals surface area contributed by atoms with Crippen LogP contribution in [0.15, 0.2) is 83.6 Å². The molecule has 0 aliphatic carbocycles. The molecule has 36 heavy (non-hydrogen) atoms. The van der Waals surface area contributed by atoms with Gasteiger partial charge in [0.2, 0.25) is 6.79 Å². The van der Waals surface area contributed by atoms with Gasteiger partial charge < -0.3 is 19.4 Å². The number of aromatic amines is 2. The number of aryl methyl sites for hydroxylation is 1. The fourth-order valence-corrected chi connectivity index (χ4v) is 5.03. The van der Waals surface area contributed by atoms with Gasteiger partial charge in [-0.25, -0.2) is 4.98 Å². The van der Waals surface area contributed by atoms with Gasteiger partial charge in [0.05, 0.1) is 22.4 Å². The number of nitrogens with one attached hydrogen (secondary N) is 2. The van der Waals surface area contributed by atoms with Gasteiger partial charge >= 0.3 is 0 Å². The molecule has 4 aromatic rings. The van der Waals surface area contributed by atoms with Crippen LogP contribution in [0, 0.1) is 13.8 Å². The van der Waals surface area contributed by atoms with Gasteiger partial charge in [0.15, 0.2) is 17.3 Å². The van der Waals surface area contributed by atoms with Crippen molar-refractivity contribution in [2.75, 3.05) is 6.79 Å². The molecule has 2 N–H and O–H groups in total. The average molecular weight is 476 g/mol. The molecule has 2 bridgehead atoms. The van der Waals surface area contributed by atoms with E-state index in [0.717, 1.165) is 33.6 Å². The Hall–Kier alpha value is -4.85. The molecular formula is C28H20N4O4. The molecule has 3 aliphatic rings. The molecule has 0 unspecified atom stereocenters. The number of carbonyl (C=O) groups is 2. The van der Waals surface area contributed by atoms with E-state index in [9.17, 15) is 9.59 Å². The molecule has 3 aliphatic heterocycles. The highest BCUT2D eigenvalue weighted by molar-refractivity contribution is 6.10. The van der Waals surface area contributed by atoms with Crippen LogP contribution in [0.1, 0.15) is 37.7 Å². The van der Waals surface area contributed by atoms with Crippen LogP contribution in [-0.2, 0) is 9.47 Å². The number of rotatable bonds is 4. The highest BCUT2D eigenvalue weighted by atomic mass is 16.7. The van der Waals surface area contributed by atoms with Crippen molar-refractivity contribution in [2.45, 2.75) is 13.8 Å². The highest BCUT2D eigenvalue weighted by Gasteiger charge is 2.42. The summed E-state index contributed by atoms with van der Waals surface area (Å²) in [6.45, 7) is 3.98. The third-order valence-electron chi connectivity index (χ3n) is 6.81. The summed E-state index contributed by atoms with van der Waals surface area (Å²) < 4.78 is 11.0. The lowest BCUT2D eigenvalue weighted by molar-refractivity contribution is 0.0708. The van der Waals surface area contributed by atoms with E-state index in [1.165, 1.54) is 0 Å². The lowest BCUT2D eigenvalue weighted by Gasteiger charge is -2.36. The number of allylic oxidation sites excluding steroid dienone is 2. The maximum atomic E-state index is 13.5. The second-order valence-corrected chi connectivity index (χ2v) is 8.98. The Bertz CT molecular complexity index is 1720. The summed E-state index contributed by atoms with van der Waals surface area (Å²) in [5, 5.41) is 0. The first-order valence-electron chi connectivity index (χ1n) is 11.6. The maximum Gasteiger partial charge on any atom is 0.279 e. The minimum absolute atomic E-state index is 0.0471. The van der Waals surface area contributed by atoms with E-state index in [0.29, 0.717) is 39.9 Å². The Balaban J connectivity index is 1.22. The van der Waals surface area contributed by atoms with Crippen LogP contribution in [0.5, 0.6) is 0 Å². The molecule has 0 saturated carbocycles. The molecule has 176 valence electrons. The topological polar surface area (TPSA) is 100 Å². The van der Waals surface area contributed by atoms with Crippen molar-refractivity contribution in [1.29, 1.82) is 0 Å². The Morgan fingerprint density at radius 3 is 2.64 bits per heavy atom. The van der Waals surface area contributed by atoms with Crippen molar-refractivity contribution in [1.82, 2.24) is 19.9 Å². The lowest BCUT2D eigenvalue weighted by atomic mass is 10.00. The van der Waals surface area contributed by atoms with Gasteiger partial charge in [0.25, 0.3) is 5.91 Å². The Kier molecular flexibility index (Phi) is 4.17. The smallest absolute Gasteiger partial charge is 0.279 e. The number of nitrogens with zero attached hydrogens (tertiary/aromatic N) is 2. The van der Waals surface area contributed by atoms with E-state index < -0.39 is 0 Å². The van der Waals surface area contributed by atoms with Gasteiger partial charge in [-0.05, 0) is 43.7 Å². The SMILES string of the molecule is Cc1[nH]c(C(=O)N2c3cc4c(c2c3)OCO4)c(C)c1-c1nc2ccc(C(=O)c3ccccc3)cc2[nH]1. The molecule has 8 nitrogen and oxygen atoms in total. The average Bonchev–Trinajstić information content (AvgIpc) is 3.59. The summed E-state index contributed by atoms with van der Waals surface area (Å²) in [4.78, 5) is 39.4. The zero-order valence-electron chi connectivity index (χ0n) is 19.5. The lowest BCUT2D eigenvalue weighted by Crippen LogP contribution is -2.39. The molecule has 0 radical (unpaired) electrons. The molecule has 1 amide bonds. The van der Waals surface area contributed by atoms with E-state index in [2.05, 4.69) is 9.97 Å². The van der Waals surface area contributed by atoms with Gasteiger partial charge in [-0.2, -0.15) is 0 Å². The standard InChI is InChI=1S/C28H20N4O4/c1-14-23(15(2)29-24(14)28(34)32-18-11-21(32)26-22(12-18)35-13-36-26)27-30-19-9-8-17(10-20(19)31-27)25(33)16-6-4-3-5-7-16/h3-12,29H,13H2,1-2H3,(H,30,31). The monoisotopic (exact) mass is 476 g/mol. The molecule has 2 aromatic carbocycles. The van der Waals surface area contributed by atoms with Crippen LogP contribution in [0.4, 0.5) is 0 Å². The number of amides is 1. The number of fused-ring (bicyclic) bond motifs is 4. The summed E-state index contributed by atoms with van der Waals surface area (Å²) in [7, 11) is 0. The van der Waals surface area contributed by atoms with Crippen molar-refractivity contribution >= 4 is 22.7 Å². The van der Waals surface area contributed by atoms with Gasteiger partial charge in [0, 0.05) is 28.5 Å². The van der Waals surface area contributed by atoms with Crippen LogP contribution in [0.2, 0.25) is 0 Å². The van der Waals surface area contributed by atoms with E-state index in [1.54, 1.807) is 23.1 Å². The molecule has 0 fully saturated rings. The maximum absolute atomic E-state index is 13.5. The second kappa shape index (κ2) is 7.32. The zero-order valence-corrected chi connectivity index (χ0v) is 19.5. The quantitative estimate of drug-likeness (QED) is 0.410. The first-order chi connectivity index (χ1) is 17.5. The predicted octanol–water partition coefficient (Wildman–Crippen LogP) is 4.86. The fourth-order valence-electron chi connectivity index (χ4n) is 5.03. The van der Waals surface area contributed by atoms with E-state index in [1.807, 2.05) is 56.3 Å². The van der Waals surface area contributed by atoms with Crippen molar-refractivity contribution in [3.63, 3.8) is 0 Å². The fraction of sp³-hybridized carbons (Fsp3) is 0.107. The summed E-state index contributed by atoms with van der Waals surface area (Å²) in [6, 6.07) is 14.6. The minimum atomic E-state index is -0.167. The van der Waals surface area contributed by atoms with E-state index in [-0.39, 0.29) is 18.5 Å². The van der Waals surface area contributed by atoms with Crippen molar-refractivity contribution in [2.24, 2.45) is 0 Å². The van der Waals surface area contributed by atoms with Gasteiger partial charge in [0.1, 0.15) is 11.5 Å². The van der Waals surface area contributed by atoms with E-state index >= 15 is 0 Å². The highest BCUT2D eigenvalue weighted by Crippen LogP contribution is 2.43. The molecule has 5 heterocycles. The summed E-state index contributed by atoms with van der Waals surface area (Å²) in [5.74, 6) is 1.68. The first kappa shape index (κ1) is 20.5. The number of benzene rings is 2. The number of H-pyrrole nitrogens is 2. The number of ether oxygens (including phenoxy) is 2. The Morgan fingerprint density at radius 1 is 0.972 bits per heavy atom. The van der Waals surface area contributed by atoms with Gasteiger partial charge in [-0.3, -0.25) is 14.5 Å². The number of carbonyl (C=O) groups excluding carboxylic acids is 2. The molecule has 0 atom stereocenters. The summed E-state index contributed by atoms with van der Waals surface area (Å²) in [5.41, 5.74) is 7.13. The van der Waals surface area contributed by atoms with Crippen molar-refractivity contribution in [3.05, 3.63) is 112 Å². The number of ketones is 1. The predicted molar refractivity (Wildman–Crippen MR) is 132 cm³/mol. The van der Waals surface area contributed by atoms with Crippen LogP contribution in [0.3, 0.4) is 0 Å². The largest absolute Gasteiger partial charge is 0.453 e. The van der Waals surface area contributed by atoms with Crippen LogP contribution < -0.4 is 0 Å². The number of hydrogen-bond donors (Lipinski definition) is 2. The first-order valence-corrected chi connectivity index (χ1v) is 11.6. The normalized spacial score (nSPS) is 15.7. The molecule has 2 aromatic heterocycles. The Labute approximate surface area is 205 Å². The van der Waals surface area contributed by atoms with Crippen molar-refractivity contribution < 1.29 is 19.1 Å². The Morgan fingerprint density at radius 2 is 1.81 bits per heavy atom. The number of aromatic nitrogens is 3. The third kappa shape index (κ3) is 2.84. The third-order valence-corrected chi connectivity index (χ3v) is 6.81. The zero-order chi connectivity index (χ0) is 24.6. The molecule has 7 rings (SSSR count). The minimum Gasteiger partial charge on any atom is -0.453 e. The van der Waals surface area contributed by atoms with Gasteiger partial charge in [-0.1, -0.05) is 30.3 Å². The van der Waals surface area contributed by atoms with Crippen LogP contribution in [0.25, 0.3) is 22.4 Å². The van der Waals surface area contributed by atoms with E-state index in [4.69, 9.17) is 14.5 Å². The second-order valence-electron chi connectivity index (χ2n) is 8.98. The molecular weight excluding hydrogens is 456 g/mol. The summed E-state index contributed by atoms with van der Waals surface area (Å²) >= 11 is 0. The van der Waals surface area contributed by atoms with Crippen LogP contribution >= 0.6 is 0 Å². The number of hydrogen-bond acceptors (Lipinski definition) is 5. The molecule has 8 heteroatoms. The van der Waals surface area contributed by atoms with Crippen molar-refractivity contribution in [3.8, 4) is 11.4 Å². The van der Waals surface area contributed by atoms with Gasteiger partial charge in [-0.15, -0.1) is 0 Å². The molecule has 0 spiro atoms.